The molecule has 2 N–H and O–H groups in total. The highest BCUT2D eigenvalue weighted by molar-refractivity contribution is 6.02. The summed E-state index contributed by atoms with van der Waals surface area (Å²) in [6.07, 6.45) is 2.01. The Balaban J connectivity index is 0.00000176. The van der Waals surface area contributed by atoms with Crippen LogP contribution in [-0.4, -0.2) is 17.4 Å². The first kappa shape index (κ1) is 15.8. The van der Waals surface area contributed by atoms with Gasteiger partial charge in [0.1, 0.15) is 4.92 Å². The Morgan fingerprint density at radius 3 is 2.86 bits per heavy atom. The van der Waals surface area contributed by atoms with Crippen molar-refractivity contribution >= 4 is 35.6 Å². The normalized spacial score (nSPS) is 12.5. The summed E-state index contributed by atoms with van der Waals surface area (Å²) in [5.74, 6) is -1.04. The number of benzene rings is 1. The molecule has 1 aromatic carbocycles. The number of carbonyl (C=O) groups excluding carboxylic acids is 1. The van der Waals surface area contributed by atoms with E-state index < -0.39 is 16.7 Å². The van der Waals surface area contributed by atoms with Crippen molar-refractivity contribution in [1.82, 2.24) is 0 Å². The maximum Gasteiger partial charge on any atom is 0.433 e. The quantitative estimate of drug-likeness (QED) is 0.667. The third-order valence-electron chi connectivity index (χ3n) is 3.30. The number of amides is 1. The number of hydrogen-bond acceptors (Lipinski definition) is 5. The lowest BCUT2D eigenvalue weighted by molar-refractivity contribution is -0.402. The van der Waals surface area contributed by atoms with Gasteiger partial charge in [0.25, 0.3) is 5.91 Å². The minimum Gasteiger partial charge on any atom is -0.395 e. The summed E-state index contributed by atoms with van der Waals surface area (Å²) < 4.78 is 4.87. The largest absolute Gasteiger partial charge is 0.433 e. The summed E-state index contributed by atoms with van der Waals surface area (Å²) in [7, 11) is 0. The lowest BCUT2D eigenvalue weighted by Crippen LogP contribution is -2.14. The summed E-state index contributed by atoms with van der Waals surface area (Å²) in [5, 5.41) is 16.5. The molecule has 0 unspecified atom stereocenters. The molecule has 22 heavy (non-hydrogen) atoms. The molecule has 116 valence electrons. The monoisotopic (exact) mass is 323 g/mol. The van der Waals surface area contributed by atoms with Crippen molar-refractivity contribution in [1.29, 1.82) is 0 Å². The third kappa shape index (κ3) is 3.20. The van der Waals surface area contributed by atoms with E-state index in [2.05, 4.69) is 10.6 Å². The van der Waals surface area contributed by atoms with Crippen LogP contribution in [0.15, 0.2) is 34.7 Å². The number of halogens is 1. The molecule has 0 spiro atoms. The van der Waals surface area contributed by atoms with Crippen molar-refractivity contribution in [3.63, 3.8) is 0 Å². The number of hydrogen-bond donors (Lipinski definition) is 2. The number of fused-ring (bicyclic) bond motifs is 1. The van der Waals surface area contributed by atoms with Crippen LogP contribution in [0.5, 0.6) is 0 Å². The maximum absolute atomic E-state index is 12.0. The first-order chi connectivity index (χ1) is 10.1. The molecule has 2 heterocycles. The molecule has 0 fully saturated rings. The fourth-order valence-corrected chi connectivity index (χ4v) is 2.29. The van der Waals surface area contributed by atoms with Crippen molar-refractivity contribution < 1.29 is 14.1 Å². The fourth-order valence-electron chi connectivity index (χ4n) is 2.29. The van der Waals surface area contributed by atoms with Crippen LogP contribution in [-0.2, 0) is 6.42 Å². The van der Waals surface area contributed by atoms with E-state index >= 15 is 0 Å². The molecule has 0 atom stereocenters. The van der Waals surface area contributed by atoms with E-state index in [0.29, 0.717) is 5.69 Å². The summed E-state index contributed by atoms with van der Waals surface area (Å²) in [6, 6.07) is 8.04. The molecule has 1 aromatic heterocycles. The topological polar surface area (TPSA) is 97.4 Å². The number of aryl methyl sites for hydroxylation is 1. The molecular formula is C14H14ClN3O4. The Bertz CT molecular complexity index is 714. The predicted octanol–water partition coefficient (Wildman–Crippen LogP) is 3.22. The van der Waals surface area contributed by atoms with E-state index in [4.69, 9.17) is 4.42 Å². The SMILES string of the molecule is Cl.O=C(Nc1ccc2c(c1)CCCN2)c1ccc([N+](=O)[O-])o1. The second kappa shape index (κ2) is 6.48. The molecule has 1 amide bonds. The van der Waals surface area contributed by atoms with E-state index in [1.165, 1.54) is 6.07 Å². The van der Waals surface area contributed by atoms with Crippen molar-refractivity contribution in [2.24, 2.45) is 0 Å². The van der Waals surface area contributed by atoms with E-state index in [-0.39, 0.29) is 18.2 Å². The van der Waals surface area contributed by atoms with Gasteiger partial charge in [0.15, 0.2) is 5.76 Å². The highest BCUT2D eigenvalue weighted by Crippen LogP contribution is 2.25. The van der Waals surface area contributed by atoms with Gasteiger partial charge in [-0.25, -0.2) is 0 Å². The van der Waals surface area contributed by atoms with Crippen LogP contribution >= 0.6 is 12.4 Å². The highest BCUT2D eigenvalue weighted by Gasteiger charge is 2.18. The molecule has 7 nitrogen and oxygen atoms in total. The van der Waals surface area contributed by atoms with Gasteiger partial charge in [0, 0.05) is 17.9 Å². The zero-order chi connectivity index (χ0) is 14.8. The van der Waals surface area contributed by atoms with Gasteiger partial charge in [-0.3, -0.25) is 14.9 Å². The van der Waals surface area contributed by atoms with E-state index in [1.54, 1.807) is 6.07 Å². The molecule has 2 aromatic rings. The van der Waals surface area contributed by atoms with Crippen LogP contribution in [0.4, 0.5) is 17.3 Å². The van der Waals surface area contributed by atoms with E-state index in [0.717, 1.165) is 36.7 Å². The molecule has 0 saturated heterocycles. The number of anilines is 2. The van der Waals surface area contributed by atoms with Crippen LogP contribution in [0, 0.1) is 10.1 Å². The van der Waals surface area contributed by atoms with E-state index in [9.17, 15) is 14.9 Å². The summed E-state index contributed by atoms with van der Waals surface area (Å²) in [5.41, 5.74) is 2.86. The Kier molecular flexibility index (Phi) is 4.67. The molecular weight excluding hydrogens is 310 g/mol. The van der Waals surface area contributed by atoms with Crippen molar-refractivity contribution in [2.75, 3.05) is 17.2 Å². The van der Waals surface area contributed by atoms with Gasteiger partial charge in [-0.2, -0.15) is 0 Å². The van der Waals surface area contributed by atoms with Crippen molar-refractivity contribution in [2.45, 2.75) is 12.8 Å². The lowest BCUT2D eigenvalue weighted by atomic mass is 10.0. The zero-order valence-electron chi connectivity index (χ0n) is 11.5. The predicted molar refractivity (Wildman–Crippen MR) is 83.8 cm³/mol. The first-order valence-electron chi connectivity index (χ1n) is 6.56. The minimum absolute atomic E-state index is 0. The first-order valence-corrected chi connectivity index (χ1v) is 6.56. The molecule has 8 heteroatoms. The zero-order valence-corrected chi connectivity index (χ0v) is 12.3. The summed E-state index contributed by atoms with van der Waals surface area (Å²) in [6.45, 7) is 0.953. The molecule has 1 aliphatic rings. The van der Waals surface area contributed by atoms with Gasteiger partial charge in [-0.15, -0.1) is 12.4 Å². The van der Waals surface area contributed by atoms with Gasteiger partial charge in [-0.05, 0) is 42.7 Å². The highest BCUT2D eigenvalue weighted by atomic mass is 35.5. The second-order valence-corrected chi connectivity index (χ2v) is 4.75. The average molecular weight is 324 g/mol. The number of furan rings is 1. The average Bonchev–Trinajstić information content (AvgIpc) is 2.97. The Hall–Kier alpha value is -2.54. The van der Waals surface area contributed by atoms with E-state index in [1.807, 2.05) is 12.1 Å². The standard InChI is InChI=1S/C14H13N3O4.ClH/c18-14(12-5-6-13(21-12)17(19)20)16-10-3-4-11-9(8-10)2-1-7-15-11;/h3-6,8,15H,1-2,7H2,(H,16,18);1H. The van der Waals surface area contributed by atoms with Crippen LogP contribution in [0.3, 0.4) is 0 Å². The third-order valence-corrected chi connectivity index (χ3v) is 3.30. The molecule has 3 rings (SSSR count). The van der Waals surface area contributed by atoms with Crippen LogP contribution in [0.2, 0.25) is 0 Å². The molecule has 0 radical (unpaired) electrons. The van der Waals surface area contributed by atoms with Crippen LogP contribution in [0.25, 0.3) is 0 Å². The van der Waals surface area contributed by atoms with Crippen molar-refractivity contribution in [3.8, 4) is 0 Å². The Morgan fingerprint density at radius 2 is 2.14 bits per heavy atom. The van der Waals surface area contributed by atoms with Gasteiger partial charge in [0.2, 0.25) is 0 Å². The molecule has 0 aliphatic carbocycles. The van der Waals surface area contributed by atoms with Crippen LogP contribution < -0.4 is 10.6 Å². The number of carbonyl (C=O) groups is 1. The lowest BCUT2D eigenvalue weighted by Gasteiger charge is -2.18. The molecule has 1 aliphatic heterocycles. The Morgan fingerprint density at radius 1 is 1.32 bits per heavy atom. The number of nitro groups is 1. The summed E-state index contributed by atoms with van der Waals surface area (Å²) >= 11 is 0. The van der Waals surface area contributed by atoms with Gasteiger partial charge < -0.3 is 15.1 Å². The Labute approximate surface area is 132 Å². The minimum atomic E-state index is -0.679. The van der Waals surface area contributed by atoms with Gasteiger partial charge >= 0.3 is 5.88 Å². The second-order valence-electron chi connectivity index (χ2n) is 4.75. The van der Waals surface area contributed by atoms with Crippen LogP contribution in [0.1, 0.15) is 22.5 Å². The maximum atomic E-state index is 12.0. The fraction of sp³-hybridized carbons (Fsp3) is 0.214. The van der Waals surface area contributed by atoms with Gasteiger partial charge in [-0.1, -0.05) is 0 Å². The number of nitrogens with one attached hydrogen (secondary N) is 2. The number of nitrogens with zero attached hydrogens (tertiary/aromatic N) is 1. The number of rotatable bonds is 3. The summed E-state index contributed by atoms with van der Waals surface area (Å²) in [4.78, 5) is 21.8. The molecule has 0 bridgehead atoms. The molecule has 0 saturated carbocycles. The smallest absolute Gasteiger partial charge is 0.395 e. The van der Waals surface area contributed by atoms with Gasteiger partial charge in [0.05, 0.1) is 6.07 Å². The van der Waals surface area contributed by atoms with Crippen molar-refractivity contribution in [3.05, 3.63) is 51.8 Å².